The van der Waals surface area contributed by atoms with Gasteiger partial charge in [0, 0.05) is 0 Å². The summed E-state index contributed by atoms with van der Waals surface area (Å²) in [5.74, 6) is 0.0355. The normalized spacial score (nSPS) is 14.7. The monoisotopic (exact) mass is 204 g/mol. The van der Waals surface area contributed by atoms with E-state index in [-0.39, 0.29) is 5.91 Å². The maximum Gasteiger partial charge on any atom is 0.186 e. The Morgan fingerprint density at radius 1 is 1.50 bits per heavy atom. The molecule has 1 atom stereocenters. The van der Waals surface area contributed by atoms with E-state index in [1.54, 1.807) is 0 Å². The van der Waals surface area contributed by atoms with Crippen molar-refractivity contribution in [3.63, 3.8) is 0 Å². The van der Waals surface area contributed by atoms with E-state index in [0.717, 1.165) is 15.8 Å². The highest BCUT2D eigenvalue weighted by Crippen LogP contribution is 2.06. The smallest absolute Gasteiger partial charge is 0.186 e. The summed E-state index contributed by atoms with van der Waals surface area (Å²) in [6, 6.07) is 0. The molecule has 0 aromatic carbocycles. The van der Waals surface area contributed by atoms with Gasteiger partial charge in [-0.3, -0.25) is 0 Å². The highest BCUT2D eigenvalue weighted by atomic mass is 28.4. The summed E-state index contributed by atoms with van der Waals surface area (Å²) >= 11 is 0. The first-order valence-electron chi connectivity index (χ1n) is 4.25. The molecule has 0 fully saturated rings. The fourth-order valence-electron chi connectivity index (χ4n) is 0.792. The Morgan fingerprint density at radius 3 is 2.33 bits per heavy atom. The molecule has 1 unspecified atom stereocenters. The molecule has 0 bridgehead atoms. The molecule has 2 nitrogen and oxygen atoms in total. The number of hydrogen-bond donors (Lipinski definition) is 0. The molecular formula is C8H20O2Si2. The molecule has 0 aliphatic rings. The third-order valence-corrected chi connectivity index (χ3v) is 3.16. The van der Waals surface area contributed by atoms with Crippen molar-refractivity contribution < 1.29 is 9.16 Å². The van der Waals surface area contributed by atoms with Crippen molar-refractivity contribution in [2.45, 2.75) is 32.5 Å². The summed E-state index contributed by atoms with van der Waals surface area (Å²) in [5, 5.41) is 0. The predicted molar refractivity (Wildman–Crippen MR) is 58.9 cm³/mol. The Bertz CT molecular complexity index is 152. The average molecular weight is 204 g/mol. The standard InChI is InChI=1S/C8H20O2Si2/c1-7(2)6-9-8(11)10-12(3,4)5/h8H,1,6H2,2-5,11H3. The van der Waals surface area contributed by atoms with Gasteiger partial charge in [-0.25, -0.2) is 0 Å². The van der Waals surface area contributed by atoms with E-state index >= 15 is 0 Å². The third-order valence-electron chi connectivity index (χ3n) is 1.08. The Kier molecular flexibility index (Phi) is 5.00. The summed E-state index contributed by atoms with van der Waals surface area (Å²) in [4.78, 5) is 0. The molecule has 0 spiro atoms. The second-order valence-corrected chi connectivity index (χ2v) is 9.47. The molecule has 12 heavy (non-hydrogen) atoms. The Hall–Kier alpha value is 0.0938. The van der Waals surface area contributed by atoms with Crippen molar-refractivity contribution in [1.29, 1.82) is 0 Å². The van der Waals surface area contributed by atoms with Gasteiger partial charge in [-0.2, -0.15) is 0 Å². The van der Waals surface area contributed by atoms with Crippen LogP contribution < -0.4 is 0 Å². The van der Waals surface area contributed by atoms with Crippen LogP contribution >= 0.6 is 0 Å². The lowest BCUT2D eigenvalue weighted by atomic mass is 10.4. The van der Waals surface area contributed by atoms with Gasteiger partial charge in [-0.1, -0.05) is 12.2 Å². The molecule has 72 valence electrons. The lowest BCUT2D eigenvalue weighted by Crippen LogP contribution is -2.34. The predicted octanol–water partition coefficient (Wildman–Crippen LogP) is 1.08. The van der Waals surface area contributed by atoms with Crippen molar-refractivity contribution in [2.75, 3.05) is 6.61 Å². The van der Waals surface area contributed by atoms with Crippen molar-refractivity contribution >= 4 is 18.6 Å². The first-order valence-corrected chi connectivity index (χ1v) is 8.81. The van der Waals surface area contributed by atoms with E-state index in [1.807, 2.05) is 6.92 Å². The second kappa shape index (κ2) is 4.96. The molecular weight excluding hydrogens is 184 g/mol. The van der Waals surface area contributed by atoms with Crippen molar-refractivity contribution in [3.05, 3.63) is 12.2 Å². The summed E-state index contributed by atoms with van der Waals surface area (Å²) in [7, 11) is -0.488. The zero-order chi connectivity index (χ0) is 9.78. The molecule has 0 N–H and O–H groups in total. The number of ether oxygens (including phenoxy) is 1. The topological polar surface area (TPSA) is 18.5 Å². The van der Waals surface area contributed by atoms with Crippen molar-refractivity contribution in [3.8, 4) is 0 Å². The quantitative estimate of drug-likeness (QED) is 0.379. The van der Waals surface area contributed by atoms with Crippen LogP contribution in [0.1, 0.15) is 6.92 Å². The van der Waals surface area contributed by atoms with Gasteiger partial charge in [0.15, 0.2) is 8.32 Å². The fraction of sp³-hybridized carbons (Fsp3) is 0.750. The SMILES string of the molecule is C=C(C)COC([SiH3])O[Si](C)(C)C. The van der Waals surface area contributed by atoms with E-state index in [0.29, 0.717) is 6.61 Å². The zero-order valence-electron chi connectivity index (χ0n) is 8.81. The summed E-state index contributed by atoms with van der Waals surface area (Å²) in [5.41, 5.74) is 1.05. The third kappa shape index (κ3) is 8.19. The molecule has 0 radical (unpaired) electrons. The fourth-order valence-corrected chi connectivity index (χ4v) is 4.14. The van der Waals surface area contributed by atoms with Crippen molar-refractivity contribution in [2.24, 2.45) is 0 Å². The van der Waals surface area contributed by atoms with E-state index in [1.165, 1.54) is 0 Å². The Morgan fingerprint density at radius 2 is 2.00 bits per heavy atom. The lowest BCUT2D eigenvalue weighted by molar-refractivity contribution is -0.0156. The summed E-state index contributed by atoms with van der Waals surface area (Å²) in [6.07, 6.45) is 0. The van der Waals surface area contributed by atoms with Crippen LogP contribution in [0.15, 0.2) is 12.2 Å². The van der Waals surface area contributed by atoms with Crippen molar-refractivity contribution in [1.82, 2.24) is 0 Å². The van der Waals surface area contributed by atoms with Gasteiger partial charge in [0.25, 0.3) is 0 Å². The van der Waals surface area contributed by atoms with E-state index in [2.05, 4.69) is 26.2 Å². The molecule has 0 aromatic heterocycles. The maximum atomic E-state index is 5.73. The number of rotatable bonds is 5. The van der Waals surface area contributed by atoms with Crippen LogP contribution in [0.4, 0.5) is 0 Å². The molecule has 0 saturated carbocycles. The molecule has 0 aliphatic heterocycles. The first-order chi connectivity index (χ1) is 5.31. The molecule has 4 heteroatoms. The van der Waals surface area contributed by atoms with Gasteiger partial charge < -0.3 is 9.16 Å². The van der Waals surface area contributed by atoms with Crippen LogP contribution in [-0.2, 0) is 9.16 Å². The average Bonchev–Trinajstić information content (AvgIpc) is 1.79. The molecule has 0 aromatic rings. The lowest BCUT2D eigenvalue weighted by Gasteiger charge is -2.23. The Balaban J connectivity index is 3.60. The minimum absolute atomic E-state index is 0.0355. The highest BCUT2D eigenvalue weighted by molar-refractivity contribution is 6.70. The van der Waals surface area contributed by atoms with Gasteiger partial charge in [0.2, 0.25) is 0 Å². The van der Waals surface area contributed by atoms with Gasteiger partial charge in [-0.15, -0.1) is 0 Å². The molecule has 0 rings (SSSR count). The summed E-state index contributed by atoms with van der Waals surface area (Å²) in [6.45, 7) is 12.9. The van der Waals surface area contributed by atoms with Crippen LogP contribution in [0, 0.1) is 0 Å². The Labute approximate surface area is 79.5 Å². The van der Waals surface area contributed by atoms with Crippen LogP contribution in [0.25, 0.3) is 0 Å². The van der Waals surface area contributed by atoms with Crippen LogP contribution in [0.2, 0.25) is 19.6 Å². The zero-order valence-corrected chi connectivity index (χ0v) is 11.8. The molecule has 0 saturated heterocycles. The van der Waals surface area contributed by atoms with Crippen LogP contribution in [-0.4, -0.2) is 31.1 Å². The minimum Gasteiger partial charge on any atom is -0.397 e. The van der Waals surface area contributed by atoms with Crippen LogP contribution in [0.5, 0.6) is 0 Å². The minimum atomic E-state index is -1.41. The molecule has 0 heterocycles. The second-order valence-electron chi connectivity index (χ2n) is 4.07. The van der Waals surface area contributed by atoms with E-state index in [9.17, 15) is 0 Å². The van der Waals surface area contributed by atoms with Gasteiger partial charge in [-0.05, 0) is 26.6 Å². The molecule has 0 aliphatic carbocycles. The van der Waals surface area contributed by atoms with Gasteiger partial charge in [0.05, 0.1) is 16.8 Å². The van der Waals surface area contributed by atoms with E-state index in [4.69, 9.17) is 9.16 Å². The summed E-state index contributed by atoms with van der Waals surface area (Å²) < 4.78 is 11.2. The maximum absolute atomic E-state index is 5.73. The van der Waals surface area contributed by atoms with Gasteiger partial charge in [0.1, 0.15) is 5.91 Å². The van der Waals surface area contributed by atoms with E-state index < -0.39 is 8.32 Å². The molecule has 0 amide bonds. The van der Waals surface area contributed by atoms with Gasteiger partial charge >= 0.3 is 0 Å². The first kappa shape index (κ1) is 12.1. The largest absolute Gasteiger partial charge is 0.397 e. The van der Waals surface area contributed by atoms with Crippen LogP contribution in [0.3, 0.4) is 0 Å². The number of hydrogen-bond acceptors (Lipinski definition) is 2. The highest BCUT2D eigenvalue weighted by Gasteiger charge is 2.17.